The van der Waals surface area contributed by atoms with Crippen LogP contribution in [0.3, 0.4) is 0 Å². The average molecular weight is 170 g/mol. The zero-order chi connectivity index (χ0) is 8.97. The maximum Gasteiger partial charge on any atom is 0.104 e. The molecule has 2 N–H and O–H groups in total. The predicted molar refractivity (Wildman–Crippen MR) is 49.9 cm³/mol. The first-order chi connectivity index (χ1) is 5.75. The number of aliphatic hydroxyl groups is 1. The predicted octanol–water partition coefficient (Wildman–Crippen LogP) is 0.175. The molecule has 0 amide bonds. The van der Waals surface area contributed by atoms with Crippen molar-refractivity contribution in [3.05, 3.63) is 12.7 Å². The summed E-state index contributed by atoms with van der Waals surface area (Å²) in [5, 5.41) is 12.7. The van der Waals surface area contributed by atoms with Crippen LogP contribution in [-0.4, -0.2) is 41.9 Å². The van der Waals surface area contributed by atoms with Crippen LogP contribution in [0.5, 0.6) is 0 Å². The van der Waals surface area contributed by atoms with Crippen molar-refractivity contribution < 1.29 is 5.11 Å². The van der Waals surface area contributed by atoms with Gasteiger partial charge in [-0.2, -0.15) is 0 Å². The molecule has 1 fully saturated rings. The molecule has 1 aliphatic heterocycles. The summed E-state index contributed by atoms with van der Waals surface area (Å²) in [7, 11) is 0. The zero-order valence-electron chi connectivity index (χ0n) is 7.66. The van der Waals surface area contributed by atoms with E-state index in [1.165, 1.54) is 0 Å². The summed E-state index contributed by atoms with van der Waals surface area (Å²) in [6.45, 7) is 8.39. The lowest BCUT2D eigenvalue weighted by atomic mass is 10.1. The molecule has 70 valence electrons. The number of rotatable bonds is 3. The Hall–Kier alpha value is -0.380. The van der Waals surface area contributed by atoms with E-state index in [-0.39, 0.29) is 6.23 Å². The van der Waals surface area contributed by atoms with Crippen molar-refractivity contribution in [2.24, 2.45) is 0 Å². The van der Waals surface area contributed by atoms with E-state index >= 15 is 0 Å². The van der Waals surface area contributed by atoms with Crippen molar-refractivity contribution in [1.82, 2.24) is 10.2 Å². The van der Waals surface area contributed by atoms with Crippen LogP contribution in [0.25, 0.3) is 0 Å². The monoisotopic (exact) mass is 170 g/mol. The molecule has 0 aromatic heterocycles. The second-order valence-corrected chi connectivity index (χ2v) is 3.25. The highest BCUT2D eigenvalue weighted by Gasteiger charge is 2.23. The maximum absolute atomic E-state index is 9.44. The smallest absolute Gasteiger partial charge is 0.104 e. The van der Waals surface area contributed by atoms with Gasteiger partial charge in [0.1, 0.15) is 6.23 Å². The van der Waals surface area contributed by atoms with Gasteiger partial charge in [0.05, 0.1) is 0 Å². The molecule has 1 heterocycles. The lowest BCUT2D eigenvalue weighted by Gasteiger charge is -2.37. The fraction of sp³-hybridized carbons (Fsp3) is 0.778. The molecule has 1 aliphatic rings. The van der Waals surface area contributed by atoms with Gasteiger partial charge in [-0.1, -0.05) is 6.08 Å². The van der Waals surface area contributed by atoms with Gasteiger partial charge in [-0.3, -0.25) is 4.90 Å². The summed E-state index contributed by atoms with van der Waals surface area (Å²) in [4.78, 5) is 2.11. The Kier molecular flexibility index (Phi) is 3.72. The summed E-state index contributed by atoms with van der Waals surface area (Å²) in [6.07, 6.45) is 2.52. The Labute approximate surface area is 74.1 Å². The average Bonchev–Trinajstić information content (AvgIpc) is 2.05. The van der Waals surface area contributed by atoms with Gasteiger partial charge in [0.25, 0.3) is 0 Å². The summed E-state index contributed by atoms with van der Waals surface area (Å²) in [5.41, 5.74) is 0. The molecule has 0 aliphatic carbocycles. The SMILES string of the molecule is C=CCC1CNCCN1C(C)O. The van der Waals surface area contributed by atoms with Crippen LogP contribution in [0, 0.1) is 0 Å². The van der Waals surface area contributed by atoms with Crippen LogP contribution in [0.1, 0.15) is 13.3 Å². The molecule has 1 saturated heterocycles. The molecule has 3 heteroatoms. The maximum atomic E-state index is 9.44. The van der Waals surface area contributed by atoms with Crippen LogP contribution in [0.15, 0.2) is 12.7 Å². The van der Waals surface area contributed by atoms with Crippen molar-refractivity contribution in [2.75, 3.05) is 19.6 Å². The second kappa shape index (κ2) is 4.60. The third kappa shape index (κ3) is 2.30. The highest BCUT2D eigenvalue weighted by atomic mass is 16.3. The van der Waals surface area contributed by atoms with E-state index < -0.39 is 0 Å². The highest BCUT2D eigenvalue weighted by molar-refractivity contribution is 4.85. The largest absolute Gasteiger partial charge is 0.379 e. The fourth-order valence-corrected chi connectivity index (χ4v) is 1.68. The topological polar surface area (TPSA) is 35.5 Å². The Morgan fingerprint density at radius 3 is 3.17 bits per heavy atom. The standard InChI is InChI=1S/C9H18N2O/c1-3-4-9-7-10-5-6-11(9)8(2)12/h3,8-10,12H,1,4-7H2,2H3. The highest BCUT2D eigenvalue weighted by Crippen LogP contribution is 2.10. The fourth-order valence-electron chi connectivity index (χ4n) is 1.68. The van der Waals surface area contributed by atoms with E-state index in [9.17, 15) is 5.11 Å². The molecule has 2 unspecified atom stereocenters. The van der Waals surface area contributed by atoms with Crippen molar-refractivity contribution in [1.29, 1.82) is 0 Å². The van der Waals surface area contributed by atoms with Crippen LogP contribution in [-0.2, 0) is 0 Å². The summed E-state index contributed by atoms with van der Waals surface area (Å²) in [5.74, 6) is 0. The Morgan fingerprint density at radius 1 is 1.83 bits per heavy atom. The van der Waals surface area contributed by atoms with E-state index in [1.54, 1.807) is 0 Å². The van der Waals surface area contributed by atoms with E-state index in [0.29, 0.717) is 6.04 Å². The first-order valence-corrected chi connectivity index (χ1v) is 4.51. The molecule has 0 saturated carbocycles. The van der Waals surface area contributed by atoms with Crippen molar-refractivity contribution in [2.45, 2.75) is 25.6 Å². The molecule has 3 nitrogen and oxygen atoms in total. The van der Waals surface area contributed by atoms with E-state index in [0.717, 1.165) is 26.1 Å². The number of nitrogens with zero attached hydrogens (tertiary/aromatic N) is 1. The van der Waals surface area contributed by atoms with Crippen LogP contribution < -0.4 is 5.32 Å². The molecular formula is C9H18N2O. The minimum Gasteiger partial charge on any atom is -0.379 e. The number of hydrogen-bond acceptors (Lipinski definition) is 3. The lowest BCUT2D eigenvalue weighted by molar-refractivity contribution is -0.0212. The first-order valence-electron chi connectivity index (χ1n) is 4.51. The summed E-state index contributed by atoms with van der Waals surface area (Å²) in [6, 6.07) is 0.413. The van der Waals surface area contributed by atoms with Crippen LogP contribution >= 0.6 is 0 Å². The van der Waals surface area contributed by atoms with Gasteiger partial charge in [0.2, 0.25) is 0 Å². The number of nitrogens with one attached hydrogen (secondary N) is 1. The van der Waals surface area contributed by atoms with Gasteiger partial charge in [0, 0.05) is 25.7 Å². The Balaban J connectivity index is 2.47. The van der Waals surface area contributed by atoms with Crippen LogP contribution in [0.2, 0.25) is 0 Å². The van der Waals surface area contributed by atoms with Gasteiger partial charge in [0.15, 0.2) is 0 Å². The molecule has 0 aromatic rings. The van der Waals surface area contributed by atoms with Crippen molar-refractivity contribution in [3.8, 4) is 0 Å². The molecule has 0 radical (unpaired) electrons. The number of piperazine rings is 1. The molecule has 2 atom stereocenters. The van der Waals surface area contributed by atoms with Crippen molar-refractivity contribution in [3.63, 3.8) is 0 Å². The second-order valence-electron chi connectivity index (χ2n) is 3.25. The zero-order valence-corrected chi connectivity index (χ0v) is 7.66. The molecule has 12 heavy (non-hydrogen) atoms. The molecule has 1 rings (SSSR count). The van der Waals surface area contributed by atoms with Crippen LogP contribution in [0.4, 0.5) is 0 Å². The van der Waals surface area contributed by atoms with Gasteiger partial charge in [-0.15, -0.1) is 6.58 Å². The summed E-state index contributed by atoms with van der Waals surface area (Å²) >= 11 is 0. The minimum absolute atomic E-state index is 0.336. The number of aliphatic hydroxyl groups excluding tert-OH is 1. The normalized spacial score (nSPS) is 28.3. The molecular weight excluding hydrogens is 152 g/mol. The Morgan fingerprint density at radius 2 is 2.58 bits per heavy atom. The minimum atomic E-state index is -0.336. The lowest BCUT2D eigenvalue weighted by Crippen LogP contribution is -2.54. The number of hydrogen-bond donors (Lipinski definition) is 2. The van der Waals surface area contributed by atoms with Crippen molar-refractivity contribution >= 4 is 0 Å². The Bertz CT molecular complexity index is 147. The quantitative estimate of drug-likeness (QED) is 0.593. The van der Waals surface area contributed by atoms with Gasteiger partial charge < -0.3 is 10.4 Å². The summed E-state index contributed by atoms with van der Waals surface area (Å²) < 4.78 is 0. The molecule has 0 bridgehead atoms. The van der Waals surface area contributed by atoms with Gasteiger partial charge in [-0.25, -0.2) is 0 Å². The van der Waals surface area contributed by atoms with Gasteiger partial charge in [-0.05, 0) is 13.3 Å². The third-order valence-corrected chi connectivity index (χ3v) is 2.31. The molecule has 0 spiro atoms. The van der Waals surface area contributed by atoms with Gasteiger partial charge >= 0.3 is 0 Å². The third-order valence-electron chi connectivity index (χ3n) is 2.31. The van der Waals surface area contributed by atoms with E-state index in [4.69, 9.17) is 0 Å². The van der Waals surface area contributed by atoms with E-state index in [2.05, 4.69) is 16.8 Å². The van der Waals surface area contributed by atoms with E-state index in [1.807, 2.05) is 13.0 Å². The molecule has 0 aromatic carbocycles. The first kappa shape index (κ1) is 9.71.